The minimum Gasteiger partial charge on any atom is -0.504 e. The standard InChI is InChI=1S/C14H17NO2S/c1-2-11(13-7-4-8-18-13)15-9-10-5-3-6-12(16)14(10)17/h3-8,11,15-17H,2,9H2,1H3. The first-order valence-corrected chi connectivity index (χ1v) is 6.87. The molecule has 0 saturated carbocycles. The Morgan fingerprint density at radius 3 is 2.72 bits per heavy atom. The van der Waals surface area contributed by atoms with Gasteiger partial charge in [0.1, 0.15) is 0 Å². The highest BCUT2D eigenvalue weighted by Crippen LogP contribution is 2.29. The van der Waals surface area contributed by atoms with Gasteiger partial charge in [-0.05, 0) is 23.9 Å². The highest BCUT2D eigenvalue weighted by Gasteiger charge is 2.11. The van der Waals surface area contributed by atoms with Crippen molar-refractivity contribution in [3.8, 4) is 11.5 Å². The molecule has 0 saturated heterocycles. The van der Waals surface area contributed by atoms with Crippen LogP contribution in [-0.2, 0) is 6.54 Å². The topological polar surface area (TPSA) is 52.5 Å². The van der Waals surface area contributed by atoms with Crippen LogP contribution in [0.4, 0.5) is 0 Å². The Morgan fingerprint density at radius 1 is 1.22 bits per heavy atom. The van der Waals surface area contributed by atoms with Crippen LogP contribution in [0.3, 0.4) is 0 Å². The quantitative estimate of drug-likeness (QED) is 0.725. The van der Waals surface area contributed by atoms with Crippen LogP contribution in [0.2, 0.25) is 0 Å². The van der Waals surface area contributed by atoms with Crippen molar-refractivity contribution in [2.45, 2.75) is 25.9 Å². The molecule has 0 radical (unpaired) electrons. The fourth-order valence-electron chi connectivity index (χ4n) is 1.89. The zero-order valence-corrected chi connectivity index (χ0v) is 11.1. The van der Waals surface area contributed by atoms with Crippen LogP contribution in [0.25, 0.3) is 0 Å². The molecule has 0 aliphatic rings. The summed E-state index contributed by atoms with van der Waals surface area (Å²) in [5.41, 5.74) is 0.713. The van der Waals surface area contributed by atoms with Crippen molar-refractivity contribution in [3.63, 3.8) is 0 Å². The molecule has 1 aromatic carbocycles. The zero-order chi connectivity index (χ0) is 13.0. The van der Waals surface area contributed by atoms with E-state index in [1.54, 1.807) is 17.4 Å². The molecule has 1 unspecified atom stereocenters. The molecule has 0 aliphatic heterocycles. The maximum Gasteiger partial charge on any atom is 0.161 e. The second kappa shape index (κ2) is 5.89. The molecule has 1 aromatic heterocycles. The fraction of sp³-hybridized carbons (Fsp3) is 0.286. The second-order valence-corrected chi connectivity index (χ2v) is 5.12. The van der Waals surface area contributed by atoms with Gasteiger partial charge >= 0.3 is 0 Å². The molecule has 0 bridgehead atoms. The third-order valence-corrected chi connectivity index (χ3v) is 3.92. The normalized spacial score (nSPS) is 12.5. The largest absolute Gasteiger partial charge is 0.504 e. The summed E-state index contributed by atoms with van der Waals surface area (Å²) in [4.78, 5) is 1.29. The SMILES string of the molecule is CCC(NCc1cccc(O)c1O)c1cccs1. The van der Waals surface area contributed by atoms with Crippen molar-refractivity contribution in [2.75, 3.05) is 0 Å². The first kappa shape index (κ1) is 12.9. The highest BCUT2D eigenvalue weighted by molar-refractivity contribution is 7.10. The highest BCUT2D eigenvalue weighted by atomic mass is 32.1. The van der Waals surface area contributed by atoms with Crippen LogP contribution in [0.1, 0.15) is 29.8 Å². The lowest BCUT2D eigenvalue weighted by atomic mass is 10.1. The van der Waals surface area contributed by atoms with Crippen molar-refractivity contribution >= 4 is 11.3 Å². The van der Waals surface area contributed by atoms with Gasteiger partial charge in [0.25, 0.3) is 0 Å². The third kappa shape index (κ3) is 2.83. The molecule has 0 amide bonds. The van der Waals surface area contributed by atoms with Gasteiger partial charge in [-0.2, -0.15) is 0 Å². The number of phenols is 2. The summed E-state index contributed by atoms with van der Waals surface area (Å²) in [6, 6.07) is 9.45. The van der Waals surface area contributed by atoms with E-state index in [1.165, 1.54) is 10.9 Å². The number of thiophene rings is 1. The van der Waals surface area contributed by atoms with Gasteiger partial charge in [-0.3, -0.25) is 0 Å². The molecule has 2 rings (SSSR count). The van der Waals surface area contributed by atoms with E-state index in [9.17, 15) is 10.2 Å². The number of benzene rings is 1. The summed E-state index contributed by atoms with van der Waals surface area (Å²) in [6.07, 6.45) is 0.986. The molecule has 4 heteroatoms. The summed E-state index contributed by atoms with van der Waals surface area (Å²) in [7, 11) is 0. The number of nitrogens with one attached hydrogen (secondary N) is 1. The summed E-state index contributed by atoms with van der Waals surface area (Å²) in [5.74, 6) is -0.107. The summed E-state index contributed by atoms with van der Waals surface area (Å²) < 4.78 is 0. The number of phenolic OH excluding ortho intramolecular Hbond substituents is 2. The predicted molar refractivity (Wildman–Crippen MR) is 74.0 cm³/mol. The summed E-state index contributed by atoms with van der Waals surface area (Å²) in [6.45, 7) is 2.66. The van der Waals surface area contributed by atoms with Crippen LogP contribution >= 0.6 is 11.3 Å². The number of hydrogen-bond acceptors (Lipinski definition) is 4. The minimum absolute atomic E-state index is 0.0361. The lowest BCUT2D eigenvalue weighted by molar-refractivity contribution is 0.395. The van der Waals surface area contributed by atoms with Gasteiger partial charge < -0.3 is 15.5 Å². The molecule has 3 nitrogen and oxygen atoms in total. The lowest BCUT2D eigenvalue weighted by Gasteiger charge is -2.16. The first-order chi connectivity index (χ1) is 8.72. The van der Waals surface area contributed by atoms with Gasteiger partial charge in [-0.25, -0.2) is 0 Å². The van der Waals surface area contributed by atoms with E-state index < -0.39 is 0 Å². The van der Waals surface area contributed by atoms with Gasteiger partial charge in [-0.1, -0.05) is 25.1 Å². The molecular weight excluding hydrogens is 246 g/mol. The lowest BCUT2D eigenvalue weighted by Crippen LogP contribution is -2.19. The van der Waals surface area contributed by atoms with Gasteiger partial charge in [0.2, 0.25) is 0 Å². The second-order valence-electron chi connectivity index (χ2n) is 4.14. The average Bonchev–Trinajstić information content (AvgIpc) is 2.89. The Hall–Kier alpha value is -1.52. The minimum atomic E-state index is -0.0709. The molecule has 0 aliphatic carbocycles. The van der Waals surface area contributed by atoms with Crippen LogP contribution in [-0.4, -0.2) is 10.2 Å². The molecule has 0 spiro atoms. The fourth-order valence-corrected chi connectivity index (χ4v) is 2.77. The maximum atomic E-state index is 9.73. The Morgan fingerprint density at radius 2 is 2.06 bits per heavy atom. The Bertz CT molecular complexity index is 497. The van der Waals surface area contributed by atoms with Gasteiger partial charge in [-0.15, -0.1) is 11.3 Å². The van der Waals surface area contributed by atoms with Crippen molar-refractivity contribution < 1.29 is 10.2 Å². The van der Waals surface area contributed by atoms with Gasteiger partial charge in [0, 0.05) is 23.0 Å². The van der Waals surface area contributed by atoms with Crippen LogP contribution in [0.5, 0.6) is 11.5 Å². The van der Waals surface area contributed by atoms with E-state index in [0.29, 0.717) is 12.1 Å². The number of hydrogen-bond donors (Lipinski definition) is 3. The number of aromatic hydroxyl groups is 2. The van der Waals surface area contributed by atoms with E-state index >= 15 is 0 Å². The van der Waals surface area contributed by atoms with Crippen molar-refractivity contribution in [1.29, 1.82) is 0 Å². The Kier molecular flexibility index (Phi) is 4.23. The predicted octanol–water partition coefficient (Wildman–Crippen LogP) is 3.40. The molecule has 1 atom stereocenters. The van der Waals surface area contributed by atoms with Crippen molar-refractivity contribution in [3.05, 3.63) is 46.2 Å². The van der Waals surface area contributed by atoms with Gasteiger partial charge in [0.15, 0.2) is 11.5 Å². The zero-order valence-electron chi connectivity index (χ0n) is 10.3. The maximum absolute atomic E-state index is 9.73. The molecule has 1 heterocycles. The molecular formula is C14H17NO2S. The van der Waals surface area contributed by atoms with Crippen molar-refractivity contribution in [2.24, 2.45) is 0 Å². The molecule has 18 heavy (non-hydrogen) atoms. The average molecular weight is 263 g/mol. The Labute approximate surface area is 111 Å². The molecule has 0 fully saturated rings. The van der Waals surface area contributed by atoms with E-state index in [-0.39, 0.29) is 17.5 Å². The smallest absolute Gasteiger partial charge is 0.161 e. The molecule has 96 valence electrons. The number of rotatable bonds is 5. The monoisotopic (exact) mass is 263 g/mol. The first-order valence-electron chi connectivity index (χ1n) is 5.99. The third-order valence-electron chi connectivity index (χ3n) is 2.93. The van der Waals surface area contributed by atoms with Gasteiger partial charge in [0.05, 0.1) is 0 Å². The van der Waals surface area contributed by atoms with E-state index in [0.717, 1.165) is 6.42 Å². The summed E-state index contributed by atoms with van der Waals surface area (Å²) >= 11 is 1.72. The molecule has 3 N–H and O–H groups in total. The van der Waals surface area contributed by atoms with E-state index in [4.69, 9.17) is 0 Å². The van der Waals surface area contributed by atoms with E-state index in [2.05, 4.69) is 23.7 Å². The Balaban J connectivity index is 2.04. The van der Waals surface area contributed by atoms with Crippen LogP contribution in [0, 0.1) is 0 Å². The van der Waals surface area contributed by atoms with Crippen molar-refractivity contribution in [1.82, 2.24) is 5.32 Å². The van der Waals surface area contributed by atoms with Crippen LogP contribution in [0.15, 0.2) is 35.7 Å². The number of para-hydroxylation sites is 1. The van der Waals surface area contributed by atoms with Crippen LogP contribution < -0.4 is 5.32 Å². The molecule has 2 aromatic rings. The van der Waals surface area contributed by atoms with E-state index in [1.807, 2.05) is 12.1 Å². The summed E-state index contributed by atoms with van der Waals surface area (Å²) in [5, 5.41) is 24.6.